The number of carbonyl (C=O) groups excluding carboxylic acids is 1. The van der Waals surface area contributed by atoms with Gasteiger partial charge in [-0.2, -0.15) is 4.31 Å². The van der Waals surface area contributed by atoms with Gasteiger partial charge >= 0.3 is 0 Å². The van der Waals surface area contributed by atoms with Gasteiger partial charge < -0.3 is 19.5 Å². The van der Waals surface area contributed by atoms with Crippen LogP contribution < -0.4 is 19.5 Å². The smallest absolute Gasteiger partial charge is 0.248 e. The maximum absolute atomic E-state index is 12.9. The minimum atomic E-state index is -3.70. The van der Waals surface area contributed by atoms with Crippen molar-refractivity contribution in [1.29, 1.82) is 0 Å². The van der Waals surface area contributed by atoms with Crippen molar-refractivity contribution in [3.05, 3.63) is 48.0 Å². The molecule has 0 saturated heterocycles. The zero-order valence-corrected chi connectivity index (χ0v) is 20.7. The molecule has 1 N–H and O–H groups in total. The van der Waals surface area contributed by atoms with E-state index in [0.717, 1.165) is 0 Å². The molecule has 2 aromatic carbocycles. The molecule has 0 heterocycles. The Morgan fingerprint density at radius 1 is 1.06 bits per heavy atom. The third-order valence-electron chi connectivity index (χ3n) is 4.76. The third kappa shape index (κ3) is 6.49. The summed E-state index contributed by atoms with van der Waals surface area (Å²) >= 11 is 0. The van der Waals surface area contributed by atoms with E-state index in [4.69, 9.17) is 14.2 Å². The highest BCUT2D eigenvalue weighted by Gasteiger charge is 2.23. The first-order valence-corrected chi connectivity index (χ1v) is 12.1. The fourth-order valence-electron chi connectivity index (χ4n) is 3.22. The van der Waals surface area contributed by atoms with E-state index in [1.807, 2.05) is 13.8 Å². The number of para-hydroxylation sites is 1. The van der Waals surface area contributed by atoms with E-state index >= 15 is 0 Å². The van der Waals surface area contributed by atoms with Crippen LogP contribution in [0.1, 0.15) is 33.3 Å². The van der Waals surface area contributed by atoms with Gasteiger partial charge in [-0.05, 0) is 44.2 Å². The lowest BCUT2D eigenvalue weighted by Crippen LogP contribution is -2.30. The summed E-state index contributed by atoms with van der Waals surface area (Å²) in [5, 5.41) is 2.73. The summed E-state index contributed by atoms with van der Waals surface area (Å²) in [7, 11) is -0.643. The number of rotatable bonds is 11. The Hall–Kier alpha value is -3.04. The Morgan fingerprint density at radius 3 is 2.33 bits per heavy atom. The maximum Gasteiger partial charge on any atom is 0.248 e. The van der Waals surface area contributed by atoms with Crippen LogP contribution in [0.4, 0.5) is 5.69 Å². The fourth-order valence-corrected chi connectivity index (χ4v) is 4.70. The first kappa shape index (κ1) is 26.2. The van der Waals surface area contributed by atoms with Crippen LogP contribution in [-0.4, -0.2) is 52.0 Å². The van der Waals surface area contributed by atoms with Crippen molar-refractivity contribution in [2.45, 2.75) is 38.7 Å². The Bertz CT molecular complexity index is 1090. The molecule has 0 spiro atoms. The molecule has 0 aromatic heterocycles. The summed E-state index contributed by atoms with van der Waals surface area (Å²) in [4.78, 5) is 12.8. The van der Waals surface area contributed by atoms with E-state index < -0.39 is 15.9 Å². The quantitative estimate of drug-likeness (QED) is 0.489. The van der Waals surface area contributed by atoms with Crippen LogP contribution >= 0.6 is 0 Å². The maximum atomic E-state index is 12.9. The zero-order valence-electron chi connectivity index (χ0n) is 19.9. The number of hydrogen-bond acceptors (Lipinski definition) is 6. The van der Waals surface area contributed by atoms with Gasteiger partial charge in [0.25, 0.3) is 0 Å². The van der Waals surface area contributed by atoms with Gasteiger partial charge in [0.2, 0.25) is 15.9 Å². The van der Waals surface area contributed by atoms with Crippen LogP contribution in [0.15, 0.2) is 47.4 Å². The molecule has 0 bridgehead atoms. The highest BCUT2D eigenvalue weighted by molar-refractivity contribution is 7.89. The Labute approximate surface area is 196 Å². The molecule has 0 aliphatic heterocycles. The molecule has 9 heteroatoms. The van der Waals surface area contributed by atoms with Crippen molar-refractivity contribution in [3.8, 4) is 17.2 Å². The number of amides is 1. The summed E-state index contributed by atoms with van der Waals surface area (Å²) in [6, 6.07) is 9.79. The molecule has 1 amide bonds. The number of hydrogen-bond donors (Lipinski definition) is 1. The van der Waals surface area contributed by atoms with E-state index in [0.29, 0.717) is 35.9 Å². The number of anilines is 1. The van der Waals surface area contributed by atoms with Crippen molar-refractivity contribution in [2.24, 2.45) is 0 Å². The van der Waals surface area contributed by atoms with E-state index in [1.54, 1.807) is 44.2 Å². The van der Waals surface area contributed by atoms with Gasteiger partial charge in [-0.1, -0.05) is 26.0 Å². The van der Waals surface area contributed by atoms with Crippen LogP contribution in [0.25, 0.3) is 6.08 Å². The molecule has 8 nitrogen and oxygen atoms in total. The molecule has 0 unspecified atom stereocenters. The molecule has 0 atom stereocenters. The van der Waals surface area contributed by atoms with E-state index in [2.05, 4.69) is 5.32 Å². The topological polar surface area (TPSA) is 94.2 Å². The van der Waals surface area contributed by atoms with Crippen LogP contribution in [0.2, 0.25) is 0 Å². The molecule has 0 fully saturated rings. The molecular formula is C24H32N2O6S. The number of sulfonamides is 1. The van der Waals surface area contributed by atoms with E-state index in [-0.39, 0.29) is 16.7 Å². The number of methoxy groups -OCH3 is 2. The van der Waals surface area contributed by atoms with Crippen molar-refractivity contribution < 1.29 is 27.4 Å². The first-order valence-electron chi connectivity index (χ1n) is 10.7. The molecule has 2 rings (SSSR count). The van der Waals surface area contributed by atoms with Crippen LogP contribution in [0.3, 0.4) is 0 Å². The molecular weight excluding hydrogens is 444 g/mol. The summed E-state index contributed by atoms with van der Waals surface area (Å²) in [5.41, 5.74) is 0.924. The average molecular weight is 477 g/mol. The Morgan fingerprint density at radius 2 is 1.76 bits per heavy atom. The molecule has 33 heavy (non-hydrogen) atoms. The Kier molecular flexibility index (Phi) is 9.31. The number of nitrogens with zero attached hydrogens (tertiary/aromatic N) is 1. The van der Waals surface area contributed by atoms with Gasteiger partial charge in [-0.25, -0.2) is 8.42 Å². The largest absolute Gasteiger partial charge is 0.493 e. The number of nitrogens with one attached hydrogen (secondary N) is 1. The highest BCUT2D eigenvalue weighted by atomic mass is 32.2. The number of carbonyl (C=O) groups is 1. The van der Waals surface area contributed by atoms with Crippen LogP contribution in [-0.2, 0) is 14.8 Å². The van der Waals surface area contributed by atoms with Gasteiger partial charge in [0.1, 0.15) is 5.75 Å². The molecule has 180 valence electrons. The van der Waals surface area contributed by atoms with Gasteiger partial charge in [-0.15, -0.1) is 0 Å². The summed E-state index contributed by atoms with van der Waals surface area (Å²) < 4.78 is 43.7. The molecule has 0 aliphatic carbocycles. The highest BCUT2D eigenvalue weighted by Crippen LogP contribution is 2.32. The first-order chi connectivity index (χ1) is 15.7. The molecule has 0 saturated carbocycles. The SMILES string of the molecule is CCN(CC)S(=O)(=O)c1ccc(OC(C)C)c(NC(=O)/C=C/c2cccc(OC)c2OC)c1. The zero-order chi connectivity index (χ0) is 24.6. The van der Waals surface area contributed by atoms with E-state index in [1.165, 1.54) is 36.7 Å². The van der Waals surface area contributed by atoms with Gasteiger partial charge in [0.15, 0.2) is 11.5 Å². The average Bonchev–Trinajstić information content (AvgIpc) is 2.78. The van der Waals surface area contributed by atoms with Crippen LogP contribution in [0, 0.1) is 0 Å². The second kappa shape index (κ2) is 11.7. The lowest BCUT2D eigenvalue weighted by atomic mass is 10.1. The fraction of sp³-hybridized carbons (Fsp3) is 0.375. The monoisotopic (exact) mass is 476 g/mol. The van der Waals surface area contributed by atoms with E-state index in [9.17, 15) is 13.2 Å². The normalized spacial score (nSPS) is 11.8. The van der Waals surface area contributed by atoms with Crippen LogP contribution in [0.5, 0.6) is 17.2 Å². The minimum Gasteiger partial charge on any atom is -0.493 e. The molecule has 0 aliphatic rings. The summed E-state index contributed by atoms with van der Waals surface area (Å²) in [6.45, 7) is 7.93. The van der Waals surface area contributed by atoms with Crippen molar-refractivity contribution in [2.75, 3.05) is 32.6 Å². The predicted molar refractivity (Wildman–Crippen MR) is 130 cm³/mol. The third-order valence-corrected chi connectivity index (χ3v) is 6.81. The van der Waals surface area contributed by atoms with Crippen molar-refractivity contribution in [3.63, 3.8) is 0 Å². The second-order valence-corrected chi connectivity index (χ2v) is 9.26. The van der Waals surface area contributed by atoms with Gasteiger partial charge in [0, 0.05) is 24.7 Å². The standard InChI is InChI=1S/C24H32N2O6S/c1-7-26(8-2)33(28,29)19-13-14-21(32-17(3)4)20(16-19)25-23(27)15-12-18-10-9-11-22(30-5)24(18)31-6/h9-17H,7-8H2,1-6H3,(H,25,27)/b15-12+. The molecule has 2 aromatic rings. The Balaban J connectivity index is 2.38. The van der Waals surface area contributed by atoms with Crippen molar-refractivity contribution >= 4 is 27.7 Å². The molecule has 0 radical (unpaired) electrons. The number of ether oxygens (including phenoxy) is 3. The minimum absolute atomic E-state index is 0.0797. The lowest BCUT2D eigenvalue weighted by molar-refractivity contribution is -0.111. The predicted octanol–water partition coefficient (Wildman–Crippen LogP) is 4.17. The van der Waals surface area contributed by atoms with Gasteiger partial charge in [-0.3, -0.25) is 4.79 Å². The second-order valence-electron chi connectivity index (χ2n) is 7.32. The lowest BCUT2D eigenvalue weighted by Gasteiger charge is -2.20. The summed E-state index contributed by atoms with van der Waals surface area (Å²) in [6.07, 6.45) is 2.76. The van der Waals surface area contributed by atoms with Crippen molar-refractivity contribution in [1.82, 2.24) is 4.31 Å². The van der Waals surface area contributed by atoms with Gasteiger partial charge in [0.05, 0.1) is 30.9 Å². The summed E-state index contributed by atoms with van der Waals surface area (Å²) in [5.74, 6) is 0.970. The number of benzene rings is 2.